The Labute approximate surface area is 98.0 Å². The number of aryl methyl sites for hydroxylation is 1. The summed E-state index contributed by atoms with van der Waals surface area (Å²) in [7, 11) is 0. The number of phenolic OH excluding ortho intramolecular Hbond substituents is 1. The van der Waals surface area contributed by atoms with E-state index in [1.807, 2.05) is 6.92 Å². The van der Waals surface area contributed by atoms with Crippen LogP contribution in [0.15, 0.2) is 24.3 Å². The van der Waals surface area contributed by atoms with Crippen molar-refractivity contribution in [2.75, 3.05) is 5.73 Å². The number of benzene rings is 1. The molecule has 0 fully saturated rings. The van der Waals surface area contributed by atoms with Gasteiger partial charge < -0.3 is 10.8 Å². The highest BCUT2D eigenvalue weighted by atomic mass is 19.1. The molecule has 0 radical (unpaired) electrons. The molecule has 1 aromatic carbocycles. The lowest BCUT2D eigenvalue weighted by atomic mass is 10.2. The van der Waals surface area contributed by atoms with Crippen molar-refractivity contribution in [2.24, 2.45) is 0 Å². The molecular weight excluding hydrogens is 221 g/mol. The van der Waals surface area contributed by atoms with E-state index < -0.39 is 5.82 Å². The van der Waals surface area contributed by atoms with Crippen molar-refractivity contribution >= 4 is 5.82 Å². The van der Waals surface area contributed by atoms with E-state index in [0.29, 0.717) is 23.6 Å². The summed E-state index contributed by atoms with van der Waals surface area (Å²) >= 11 is 0. The fraction of sp³-hybridized carbons (Fsp3) is 0.167. The summed E-state index contributed by atoms with van der Waals surface area (Å²) in [6.07, 6.45) is 0.709. The molecule has 0 aliphatic rings. The van der Waals surface area contributed by atoms with Crippen molar-refractivity contribution in [2.45, 2.75) is 13.3 Å². The van der Waals surface area contributed by atoms with Gasteiger partial charge in [-0.25, -0.2) is 14.4 Å². The number of nitrogen functional groups attached to an aromatic ring is 1. The first-order valence-electron chi connectivity index (χ1n) is 5.22. The highest BCUT2D eigenvalue weighted by Gasteiger charge is 2.07. The van der Waals surface area contributed by atoms with Crippen LogP contribution in [-0.4, -0.2) is 15.1 Å². The molecule has 0 aliphatic carbocycles. The molecule has 4 nitrogen and oxygen atoms in total. The summed E-state index contributed by atoms with van der Waals surface area (Å²) in [5.74, 6) is -0.0552. The molecular formula is C12H12FN3O. The van der Waals surface area contributed by atoms with Crippen molar-refractivity contribution in [3.63, 3.8) is 0 Å². The van der Waals surface area contributed by atoms with Crippen LogP contribution in [0.1, 0.15) is 12.6 Å². The molecule has 0 atom stereocenters. The van der Waals surface area contributed by atoms with Gasteiger partial charge in [-0.1, -0.05) is 6.92 Å². The van der Waals surface area contributed by atoms with Gasteiger partial charge >= 0.3 is 0 Å². The summed E-state index contributed by atoms with van der Waals surface area (Å²) in [6.45, 7) is 1.94. The van der Waals surface area contributed by atoms with E-state index >= 15 is 0 Å². The van der Waals surface area contributed by atoms with Crippen LogP contribution in [-0.2, 0) is 6.42 Å². The van der Waals surface area contributed by atoms with Crippen LogP contribution >= 0.6 is 0 Å². The molecule has 0 spiro atoms. The van der Waals surface area contributed by atoms with Gasteiger partial charge in [-0.3, -0.25) is 0 Å². The second-order valence-electron chi connectivity index (χ2n) is 3.66. The lowest BCUT2D eigenvalue weighted by molar-refractivity contribution is 0.469. The zero-order valence-electron chi connectivity index (χ0n) is 9.31. The van der Waals surface area contributed by atoms with Crippen LogP contribution in [0.5, 0.6) is 5.75 Å². The van der Waals surface area contributed by atoms with Crippen LogP contribution in [0, 0.1) is 5.82 Å². The fourth-order valence-electron chi connectivity index (χ4n) is 1.53. The van der Waals surface area contributed by atoms with Gasteiger partial charge in [0.15, 0.2) is 5.82 Å². The van der Waals surface area contributed by atoms with E-state index in [1.54, 1.807) is 6.07 Å². The van der Waals surface area contributed by atoms with Crippen molar-refractivity contribution in [3.05, 3.63) is 35.8 Å². The summed E-state index contributed by atoms with van der Waals surface area (Å²) < 4.78 is 13.1. The van der Waals surface area contributed by atoms with Crippen LogP contribution < -0.4 is 5.73 Å². The monoisotopic (exact) mass is 233 g/mol. The molecule has 3 N–H and O–H groups in total. The van der Waals surface area contributed by atoms with Gasteiger partial charge in [0.05, 0.1) is 0 Å². The fourth-order valence-corrected chi connectivity index (χ4v) is 1.53. The summed E-state index contributed by atoms with van der Waals surface area (Å²) in [5, 5.41) is 9.32. The van der Waals surface area contributed by atoms with Crippen molar-refractivity contribution in [3.8, 4) is 17.1 Å². The number of nitrogens with two attached hydrogens (primary N) is 1. The number of nitrogens with zero attached hydrogens (tertiary/aromatic N) is 2. The maximum absolute atomic E-state index is 13.1. The first-order valence-corrected chi connectivity index (χ1v) is 5.22. The molecule has 0 bridgehead atoms. The molecule has 2 aromatic rings. The van der Waals surface area contributed by atoms with E-state index in [1.165, 1.54) is 12.1 Å². The summed E-state index contributed by atoms with van der Waals surface area (Å²) in [4.78, 5) is 8.26. The SMILES string of the molecule is CCc1cc(N)nc(-c2cc(O)cc(F)c2)n1. The smallest absolute Gasteiger partial charge is 0.161 e. The molecule has 0 saturated heterocycles. The Morgan fingerprint density at radius 2 is 2.00 bits per heavy atom. The highest BCUT2D eigenvalue weighted by Crippen LogP contribution is 2.23. The average molecular weight is 233 g/mol. The topological polar surface area (TPSA) is 72.0 Å². The van der Waals surface area contributed by atoms with Crippen LogP contribution in [0.4, 0.5) is 10.2 Å². The molecule has 1 heterocycles. The number of rotatable bonds is 2. The third-order valence-electron chi connectivity index (χ3n) is 2.30. The first-order chi connectivity index (χ1) is 8.08. The minimum Gasteiger partial charge on any atom is -0.508 e. The maximum Gasteiger partial charge on any atom is 0.161 e. The van der Waals surface area contributed by atoms with Gasteiger partial charge in [0.1, 0.15) is 17.4 Å². The average Bonchev–Trinajstić information content (AvgIpc) is 2.26. The van der Waals surface area contributed by atoms with E-state index in [4.69, 9.17) is 5.73 Å². The van der Waals surface area contributed by atoms with Crippen LogP contribution in [0.25, 0.3) is 11.4 Å². The Balaban J connectivity index is 2.55. The van der Waals surface area contributed by atoms with Crippen LogP contribution in [0.2, 0.25) is 0 Å². The lowest BCUT2D eigenvalue weighted by Crippen LogP contribution is -1.99. The molecule has 1 aromatic heterocycles. The number of anilines is 1. The Kier molecular flexibility index (Phi) is 2.91. The van der Waals surface area contributed by atoms with Crippen molar-refractivity contribution in [1.82, 2.24) is 9.97 Å². The van der Waals surface area contributed by atoms with Crippen LogP contribution in [0.3, 0.4) is 0 Å². The van der Waals surface area contributed by atoms with E-state index in [2.05, 4.69) is 9.97 Å². The number of hydrogen-bond acceptors (Lipinski definition) is 4. The van der Waals surface area contributed by atoms with Gasteiger partial charge in [0.25, 0.3) is 0 Å². The number of aromatic hydroxyl groups is 1. The van der Waals surface area contributed by atoms with E-state index in [0.717, 1.165) is 11.8 Å². The Hall–Kier alpha value is -2.17. The standard InChI is InChI=1S/C12H12FN3O/c1-2-9-6-11(14)16-12(15-9)7-3-8(13)5-10(17)4-7/h3-6,17H,2H2,1H3,(H2,14,15,16). The number of halogens is 1. The largest absolute Gasteiger partial charge is 0.508 e. The second kappa shape index (κ2) is 4.37. The van der Waals surface area contributed by atoms with Gasteiger partial charge in [0.2, 0.25) is 0 Å². The minimum absolute atomic E-state index is 0.163. The molecule has 0 saturated carbocycles. The third kappa shape index (κ3) is 2.50. The van der Waals surface area contributed by atoms with Gasteiger partial charge in [-0.15, -0.1) is 0 Å². The predicted octanol–water partition coefficient (Wildman–Crippen LogP) is 2.13. The first kappa shape index (κ1) is 11.3. The third-order valence-corrected chi connectivity index (χ3v) is 2.30. The van der Waals surface area contributed by atoms with E-state index in [9.17, 15) is 9.50 Å². The Morgan fingerprint density at radius 1 is 1.24 bits per heavy atom. The highest BCUT2D eigenvalue weighted by molar-refractivity contribution is 5.59. The van der Waals surface area contributed by atoms with Gasteiger partial charge in [-0.05, 0) is 18.6 Å². The molecule has 88 valence electrons. The molecule has 2 rings (SSSR count). The predicted molar refractivity (Wildman–Crippen MR) is 62.9 cm³/mol. The lowest BCUT2D eigenvalue weighted by Gasteiger charge is -2.05. The maximum atomic E-state index is 13.1. The summed E-state index contributed by atoms with van der Waals surface area (Å²) in [6, 6.07) is 5.35. The number of hydrogen-bond donors (Lipinski definition) is 2. The minimum atomic E-state index is -0.538. The zero-order valence-corrected chi connectivity index (χ0v) is 9.31. The molecule has 17 heavy (non-hydrogen) atoms. The van der Waals surface area contributed by atoms with Gasteiger partial charge in [0, 0.05) is 23.4 Å². The summed E-state index contributed by atoms with van der Waals surface area (Å²) in [5.41, 5.74) is 6.82. The second-order valence-corrected chi connectivity index (χ2v) is 3.66. The Morgan fingerprint density at radius 3 is 2.65 bits per heavy atom. The quantitative estimate of drug-likeness (QED) is 0.833. The normalized spacial score (nSPS) is 10.5. The number of phenols is 1. The molecule has 0 aliphatic heterocycles. The van der Waals surface area contributed by atoms with Crippen molar-refractivity contribution in [1.29, 1.82) is 0 Å². The molecule has 0 unspecified atom stereocenters. The zero-order chi connectivity index (χ0) is 12.4. The van der Waals surface area contributed by atoms with E-state index in [-0.39, 0.29) is 5.75 Å². The molecule has 0 amide bonds. The molecule has 5 heteroatoms. The number of aromatic nitrogens is 2. The Bertz CT molecular complexity index is 537. The van der Waals surface area contributed by atoms with Gasteiger partial charge in [-0.2, -0.15) is 0 Å². The van der Waals surface area contributed by atoms with Crippen molar-refractivity contribution < 1.29 is 9.50 Å².